The maximum atomic E-state index is 14.2. The Morgan fingerprint density at radius 3 is 2.79 bits per heavy atom. The third-order valence-corrected chi connectivity index (χ3v) is 8.38. The minimum atomic E-state index is -0.467. The Kier molecular flexibility index (Phi) is 6.69. The number of aromatic amines is 1. The molecule has 2 amide bonds. The van der Waals surface area contributed by atoms with E-state index in [-0.39, 0.29) is 18.1 Å². The number of likely N-dealkylation sites (N-methyl/N-ethyl adjacent to an activating group) is 1. The molecule has 0 spiro atoms. The zero-order valence-corrected chi connectivity index (χ0v) is 23.6. The van der Waals surface area contributed by atoms with E-state index in [1.165, 1.54) is 22.7 Å². The lowest BCUT2D eigenvalue weighted by molar-refractivity contribution is 0.152. The maximum Gasteiger partial charge on any atom is 0.317 e. The molecule has 1 aliphatic heterocycles. The highest BCUT2D eigenvalue weighted by Gasteiger charge is 2.26. The van der Waals surface area contributed by atoms with E-state index in [1.54, 1.807) is 16.9 Å². The van der Waals surface area contributed by atoms with Crippen LogP contribution in [-0.4, -0.2) is 84.6 Å². The lowest BCUT2D eigenvalue weighted by Crippen LogP contribution is -2.51. The number of fused-ring (bicyclic) bond motifs is 4. The van der Waals surface area contributed by atoms with Crippen LogP contribution in [0.2, 0.25) is 0 Å². The van der Waals surface area contributed by atoms with Gasteiger partial charge < -0.3 is 25.4 Å². The number of carbonyl (C=O) groups is 1. The molecule has 2 atom stereocenters. The Bertz CT molecular complexity index is 1770. The Balaban J connectivity index is 1.21. The largest absolute Gasteiger partial charge is 0.358 e. The van der Waals surface area contributed by atoms with Crippen LogP contribution < -0.4 is 10.6 Å². The number of piperazine rings is 1. The number of pyridine rings is 1. The fourth-order valence-electron chi connectivity index (χ4n) is 6.00. The number of nitrogens with zero attached hydrogens (tertiary/aromatic N) is 7. The molecule has 0 radical (unpaired) electrons. The van der Waals surface area contributed by atoms with E-state index in [1.807, 2.05) is 17.9 Å². The van der Waals surface area contributed by atoms with Crippen molar-refractivity contribution in [1.29, 1.82) is 0 Å². The summed E-state index contributed by atoms with van der Waals surface area (Å²) in [4.78, 5) is 34.2. The van der Waals surface area contributed by atoms with Gasteiger partial charge in [-0.05, 0) is 50.9 Å². The Morgan fingerprint density at radius 2 is 1.95 bits per heavy atom. The van der Waals surface area contributed by atoms with Gasteiger partial charge in [-0.2, -0.15) is 14.6 Å². The first-order valence-corrected chi connectivity index (χ1v) is 14.4. The van der Waals surface area contributed by atoms with Gasteiger partial charge >= 0.3 is 6.03 Å². The lowest BCUT2D eigenvalue weighted by atomic mass is 9.91. The van der Waals surface area contributed by atoms with Crippen molar-refractivity contribution >= 4 is 28.5 Å². The maximum absolute atomic E-state index is 14.2. The van der Waals surface area contributed by atoms with Gasteiger partial charge in [-0.15, -0.1) is 0 Å². The van der Waals surface area contributed by atoms with Crippen LogP contribution >= 0.6 is 0 Å². The molecule has 7 rings (SSSR count). The van der Waals surface area contributed by atoms with Gasteiger partial charge in [0.2, 0.25) is 5.95 Å². The standard InChI is InChI=1S/C30H33FN10O/c1-18(34-30(42)40-11-9-39(2)10-12-40)24-17-33-41-28(24)37-27(19-13-20(31)16-32-15-19)38-29(41)35-21-7-8-26-23(14-21)22-5-3-4-6-25(22)36-26/h3-6,13,15-18,21,36H,7-12,14H2,1-2H3,(H,34,42)(H,35,37,38)/t18-,21?/m1/s1. The van der Waals surface area contributed by atoms with Crippen LogP contribution in [-0.2, 0) is 12.8 Å². The number of aromatic nitrogens is 6. The highest BCUT2D eigenvalue weighted by Crippen LogP contribution is 2.31. The minimum Gasteiger partial charge on any atom is -0.358 e. The van der Waals surface area contributed by atoms with Crippen molar-refractivity contribution in [1.82, 2.24) is 44.7 Å². The van der Waals surface area contributed by atoms with Gasteiger partial charge in [0.15, 0.2) is 11.5 Å². The molecule has 42 heavy (non-hydrogen) atoms. The van der Waals surface area contributed by atoms with Gasteiger partial charge in [-0.3, -0.25) is 4.98 Å². The molecule has 216 valence electrons. The number of hydrogen-bond acceptors (Lipinski definition) is 7. The van der Waals surface area contributed by atoms with E-state index in [2.05, 4.69) is 55.8 Å². The first-order valence-electron chi connectivity index (χ1n) is 14.4. The van der Waals surface area contributed by atoms with E-state index in [9.17, 15) is 9.18 Å². The van der Waals surface area contributed by atoms with Crippen molar-refractivity contribution in [3.8, 4) is 11.4 Å². The van der Waals surface area contributed by atoms with E-state index in [0.717, 1.165) is 49.6 Å². The van der Waals surface area contributed by atoms with Crippen LogP contribution in [0.4, 0.5) is 15.1 Å². The van der Waals surface area contributed by atoms with Crippen molar-refractivity contribution in [3.63, 3.8) is 0 Å². The first-order chi connectivity index (χ1) is 20.4. The van der Waals surface area contributed by atoms with Crippen LogP contribution in [0.1, 0.15) is 36.2 Å². The number of benzene rings is 1. The first kappa shape index (κ1) is 26.3. The molecule has 5 aromatic rings. The molecule has 1 aromatic carbocycles. The average Bonchev–Trinajstić information content (AvgIpc) is 3.59. The molecule has 3 N–H and O–H groups in total. The van der Waals surface area contributed by atoms with Crippen molar-refractivity contribution < 1.29 is 9.18 Å². The summed E-state index contributed by atoms with van der Waals surface area (Å²) in [5.74, 6) is 0.377. The van der Waals surface area contributed by atoms with E-state index >= 15 is 0 Å². The third-order valence-electron chi connectivity index (χ3n) is 8.38. The summed E-state index contributed by atoms with van der Waals surface area (Å²) < 4.78 is 15.8. The predicted molar refractivity (Wildman–Crippen MR) is 158 cm³/mol. The topological polar surface area (TPSA) is 119 Å². The average molecular weight is 569 g/mol. The third kappa shape index (κ3) is 4.91. The molecule has 11 nitrogen and oxygen atoms in total. The molecule has 0 saturated carbocycles. The number of hydrogen-bond donors (Lipinski definition) is 3. The number of amides is 2. The lowest BCUT2D eigenvalue weighted by Gasteiger charge is -2.33. The van der Waals surface area contributed by atoms with Gasteiger partial charge in [-0.25, -0.2) is 14.2 Å². The van der Waals surface area contributed by atoms with Gasteiger partial charge in [0, 0.05) is 66.1 Å². The smallest absolute Gasteiger partial charge is 0.317 e. The number of urea groups is 1. The second-order valence-electron chi connectivity index (χ2n) is 11.3. The summed E-state index contributed by atoms with van der Waals surface area (Å²) in [6.45, 7) is 4.95. The van der Waals surface area contributed by atoms with Crippen molar-refractivity contribution in [2.45, 2.75) is 38.3 Å². The molecule has 5 heterocycles. The Morgan fingerprint density at radius 1 is 1.12 bits per heavy atom. The minimum absolute atomic E-state index is 0.107. The zero-order valence-electron chi connectivity index (χ0n) is 23.6. The Labute approximate surface area is 242 Å². The summed E-state index contributed by atoms with van der Waals surface area (Å²) >= 11 is 0. The van der Waals surface area contributed by atoms with E-state index < -0.39 is 5.82 Å². The van der Waals surface area contributed by atoms with Gasteiger partial charge in [-0.1, -0.05) is 18.2 Å². The quantitative estimate of drug-likeness (QED) is 0.295. The zero-order chi connectivity index (χ0) is 28.8. The summed E-state index contributed by atoms with van der Waals surface area (Å²) in [6.07, 6.45) is 7.07. The molecular weight excluding hydrogens is 535 g/mol. The number of halogens is 1. The number of rotatable bonds is 5. The molecule has 1 fully saturated rings. The van der Waals surface area contributed by atoms with Crippen LogP contribution in [0.5, 0.6) is 0 Å². The molecule has 1 aliphatic carbocycles. The normalized spacial score (nSPS) is 18.3. The van der Waals surface area contributed by atoms with Crippen LogP contribution in [0, 0.1) is 5.82 Å². The second kappa shape index (κ2) is 10.7. The van der Waals surface area contributed by atoms with Crippen molar-refractivity contribution in [2.75, 3.05) is 38.5 Å². The number of aryl methyl sites for hydroxylation is 1. The molecule has 2 aliphatic rings. The highest BCUT2D eigenvalue weighted by atomic mass is 19.1. The van der Waals surface area contributed by atoms with Gasteiger partial charge in [0.1, 0.15) is 5.82 Å². The van der Waals surface area contributed by atoms with Crippen LogP contribution in [0.3, 0.4) is 0 Å². The number of anilines is 1. The van der Waals surface area contributed by atoms with Crippen LogP contribution in [0.25, 0.3) is 27.9 Å². The van der Waals surface area contributed by atoms with Gasteiger partial charge in [0.25, 0.3) is 0 Å². The number of carbonyl (C=O) groups excluding carboxylic acids is 1. The molecule has 1 saturated heterocycles. The van der Waals surface area contributed by atoms with Crippen molar-refractivity contribution in [3.05, 3.63) is 71.6 Å². The fraction of sp³-hybridized carbons (Fsp3) is 0.367. The monoisotopic (exact) mass is 568 g/mol. The highest BCUT2D eigenvalue weighted by molar-refractivity contribution is 5.85. The SMILES string of the molecule is C[C@@H](NC(=O)N1CCN(C)CC1)c1cnn2c(NC3CCc4[nH]c5ccccc5c4C3)nc(-c3cncc(F)c3)nc12. The molecule has 4 aromatic heterocycles. The molecule has 1 unspecified atom stereocenters. The van der Waals surface area contributed by atoms with E-state index in [0.29, 0.717) is 36.1 Å². The summed E-state index contributed by atoms with van der Waals surface area (Å²) in [7, 11) is 2.06. The van der Waals surface area contributed by atoms with E-state index in [4.69, 9.17) is 9.97 Å². The Hall–Kier alpha value is -4.58. The molecule has 0 bridgehead atoms. The number of nitrogens with one attached hydrogen (secondary N) is 3. The summed E-state index contributed by atoms with van der Waals surface area (Å²) in [5, 5.41) is 12.6. The predicted octanol–water partition coefficient (Wildman–Crippen LogP) is 3.79. The number of para-hydroxylation sites is 1. The molecular formula is C30H33FN10O. The summed E-state index contributed by atoms with van der Waals surface area (Å²) in [5.41, 5.74) is 5.50. The number of H-pyrrole nitrogens is 1. The molecule has 12 heteroatoms. The van der Waals surface area contributed by atoms with Gasteiger partial charge in [0.05, 0.1) is 18.4 Å². The second-order valence-corrected chi connectivity index (χ2v) is 11.3. The van der Waals surface area contributed by atoms with Crippen molar-refractivity contribution in [2.24, 2.45) is 0 Å². The van der Waals surface area contributed by atoms with Crippen LogP contribution in [0.15, 0.2) is 48.9 Å². The fourth-order valence-corrected chi connectivity index (χ4v) is 6.00. The summed E-state index contributed by atoms with van der Waals surface area (Å²) in [6, 6.07) is 9.38.